The van der Waals surface area contributed by atoms with E-state index in [0.29, 0.717) is 19.6 Å². The Morgan fingerprint density at radius 3 is 2.81 bits per heavy atom. The Morgan fingerprint density at radius 1 is 1.29 bits per heavy atom. The summed E-state index contributed by atoms with van der Waals surface area (Å²) in [6, 6.07) is 6.04. The van der Waals surface area contributed by atoms with Gasteiger partial charge in [0.25, 0.3) is 0 Å². The molecule has 118 valence electrons. The zero-order valence-corrected chi connectivity index (χ0v) is 14.4. The van der Waals surface area contributed by atoms with Crippen molar-refractivity contribution in [2.24, 2.45) is 0 Å². The highest BCUT2D eigenvalue weighted by molar-refractivity contribution is 9.10. The Hall–Kier alpha value is -1.07. The highest BCUT2D eigenvalue weighted by Crippen LogP contribution is 2.29. The zero-order chi connectivity index (χ0) is 15.5. The Kier molecular flexibility index (Phi) is 9.10. The highest BCUT2D eigenvalue weighted by atomic mass is 79.9. The highest BCUT2D eigenvalue weighted by Gasteiger charge is 2.07. The number of ether oxygens (including phenoxy) is 2. The number of unbranched alkanes of at least 4 members (excludes halogenated alkanes) is 2. The van der Waals surface area contributed by atoms with Crippen LogP contribution in [-0.4, -0.2) is 26.2 Å². The van der Waals surface area contributed by atoms with Gasteiger partial charge in [0.15, 0.2) is 0 Å². The molecule has 1 rings (SSSR count). The molecule has 0 aromatic heterocycles. The van der Waals surface area contributed by atoms with Crippen LogP contribution in [0, 0.1) is 0 Å². The fourth-order valence-corrected chi connectivity index (χ4v) is 2.52. The SMILES string of the molecule is CCOC(=O)CCCCCOc1c(Br)cccc1CNC. The molecule has 0 aliphatic carbocycles. The van der Waals surface area contributed by atoms with Gasteiger partial charge in [-0.25, -0.2) is 0 Å². The van der Waals surface area contributed by atoms with Crippen LogP contribution in [0.25, 0.3) is 0 Å². The van der Waals surface area contributed by atoms with E-state index in [1.54, 1.807) is 0 Å². The van der Waals surface area contributed by atoms with Crippen LogP contribution in [0.5, 0.6) is 5.75 Å². The normalized spacial score (nSPS) is 10.4. The third-order valence-corrected chi connectivity index (χ3v) is 3.62. The summed E-state index contributed by atoms with van der Waals surface area (Å²) in [4.78, 5) is 11.2. The van der Waals surface area contributed by atoms with Crippen molar-refractivity contribution in [1.82, 2.24) is 5.32 Å². The van der Waals surface area contributed by atoms with Crippen molar-refractivity contribution < 1.29 is 14.3 Å². The van der Waals surface area contributed by atoms with Gasteiger partial charge >= 0.3 is 5.97 Å². The molecule has 4 nitrogen and oxygen atoms in total. The third-order valence-electron chi connectivity index (χ3n) is 2.99. The standard InChI is InChI=1S/C16H24BrNO3/c1-3-20-15(19)10-5-4-6-11-21-16-13(12-18-2)8-7-9-14(16)17/h7-9,18H,3-6,10-12H2,1-2H3. The van der Waals surface area contributed by atoms with Crippen molar-refractivity contribution >= 4 is 21.9 Å². The van der Waals surface area contributed by atoms with E-state index in [1.807, 2.05) is 26.1 Å². The lowest BCUT2D eigenvalue weighted by atomic mass is 10.2. The molecule has 1 N–H and O–H groups in total. The molecule has 0 unspecified atom stereocenters. The average Bonchev–Trinajstić information content (AvgIpc) is 2.45. The van der Waals surface area contributed by atoms with E-state index >= 15 is 0 Å². The molecule has 0 bridgehead atoms. The fraction of sp³-hybridized carbons (Fsp3) is 0.562. The molecule has 0 radical (unpaired) electrons. The molecule has 0 heterocycles. The fourth-order valence-electron chi connectivity index (χ4n) is 2.00. The minimum absolute atomic E-state index is 0.111. The lowest BCUT2D eigenvalue weighted by Crippen LogP contribution is -2.08. The van der Waals surface area contributed by atoms with Crippen LogP contribution < -0.4 is 10.1 Å². The summed E-state index contributed by atoms with van der Waals surface area (Å²) in [6.07, 6.45) is 3.24. The number of carbonyl (C=O) groups is 1. The van der Waals surface area contributed by atoms with E-state index in [4.69, 9.17) is 9.47 Å². The number of esters is 1. The number of para-hydroxylation sites is 1. The molecule has 5 heteroatoms. The summed E-state index contributed by atoms with van der Waals surface area (Å²) in [5, 5.41) is 3.13. The van der Waals surface area contributed by atoms with Gasteiger partial charge in [0, 0.05) is 18.5 Å². The first-order valence-corrected chi connectivity index (χ1v) is 8.18. The van der Waals surface area contributed by atoms with Crippen LogP contribution in [0.1, 0.15) is 38.2 Å². The quantitative estimate of drug-likeness (QED) is 0.512. The first kappa shape index (κ1) is 18.0. The van der Waals surface area contributed by atoms with Crippen LogP contribution >= 0.6 is 15.9 Å². The van der Waals surface area contributed by atoms with Crippen LogP contribution in [0.2, 0.25) is 0 Å². The number of hydrogen-bond acceptors (Lipinski definition) is 4. The van der Waals surface area contributed by atoms with E-state index < -0.39 is 0 Å². The second-order valence-corrected chi connectivity index (χ2v) is 5.58. The maximum absolute atomic E-state index is 11.2. The lowest BCUT2D eigenvalue weighted by Gasteiger charge is -2.13. The van der Waals surface area contributed by atoms with Gasteiger partial charge in [-0.15, -0.1) is 0 Å². The van der Waals surface area contributed by atoms with Crippen molar-refractivity contribution in [1.29, 1.82) is 0 Å². The molecule has 0 spiro atoms. The van der Waals surface area contributed by atoms with Crippen molar-refractivity contribution in [3.8, 4) is 5.75 Å². The summed E-state index contributed by atoms with van der Waals surface area (Å²) in [5.41, 5.74) is 1.14. The monoisotopic (exact) mass is 357 g/mol. The number of halogens is 1. The van der Waals surface area contributed by atoms with Crippen LogP contribution in [0.3, 0.4) is 0 Å². The maximum atomic E-state index is 11.2. The molecule has 0 fully saturated rings. The predicted molar refractivity (Wildman–Crippen MR) is 87.5 cm³/mol. The van der Waals surface area contributed by atoms with E-state index in [2.05, 4.69) is 27.3 Å². The summed E-state index contributed by atoms with van der Waals surface area (Å²) in [6.45, 7) is 3.71. The van der Waals surface area contributed by atoms with Gasteiger partial charge < -0.3 is 14.8 Å². The Morgan fingerprint density at radius 2 is 2.10 bits per heavy atom. The van der Waals surface area contributed by atoms with Crippen LogP contribution in [0.4, 0.5) is 0 Å². The summed E-state index contributed by atoms with van der Waals surface area (Å²) in [7, 11) is 1.92. The van der Waals surface area contributed by atoms with Crippen molar-refractivity contribution in [3.05, 3.63) is 28.2 Å². The Balaban J connectivity index is 2.28. The molecular weight excluding hydrogens is 334 g/mol. The van der Waals surface area contributed by atoms with Gasteiger partial charge in [0.2, 0.25) is 0 Å². The molecular formula is C16H24BrNO3. The van der Waals surface area contributed by atoms with Crippen molar-refractivity contribution in [2.75, 3.05) is 20.3 Å². The zero-order valence-electron chi connectivity index (χ0n) is 12.8. The first-order valence-electron chi connectivity index (χ1n) is 7.39. The third kappa shape index (κ3) is 6.96. The van der Waals surface area contributed by atoms with Gasteiger partial charge in [0.1, 0.15) is 5.75 Å². The molecule has 0 aliphatic heterocycles. The second-order valence-electron chi connectivity index (χ2n) is 4.72. The largest absolute Gasteiger partial charge is 0.492 e. The first-order chi connectivity index (χ1) is 10.2. The lowest BCUT2D eigenvalue weighted by molar-refractivity contribution is -0.143. The van der Waals surface area contributed by atoms with Gasteiger partial charge in [-0.05, 0) is 55.2 Å². The minimum atomic E-state index is -0.111. The predicted octanol–water partition coefficient (Wildman–Crippen LogP) is 3.67. The molecule has 1 aromatic carbocycles. The molecule has 0 amide bonds. The molecule has 0 saturated carbocycles. The Bertz CT molecular complexity index is 438. The smallest absolute Gasteiger partial charge is 0.305 e. The summed E-state index contributed by atoms with van der Waals surface area (Å²) in [5.74, 6) is 0.790. The van der Waals surface area contributed by atoms with Crippen molar-refractivity contribution in [3.63, 3.8) is 0 Å². The number of benzene rings is 1. The summed E-state index contributed by atoms with van der Waals surface area (Å²) >= 11 is 3.52. The Labute approximate surface area is 135 Å². The van der Waals surface area contributed by atoms with E-state index in [0.717, 1.165) is 41.6 Å². The molecule has 0 aliphatic rings. The molecule has 21 heavy (non-hydrogen) atoms. The van der Waals surface area contributed by atoms with Crippen molar-refractivity contribution in [2.45, 2.75) is 39.2 Å². The summed E-state index contributed by atoms with van der Waals surface area (Å²) < 4.78 is 11.7. The number of nitrogens with one attached hydrogen (secondary N) is 1. The van der Waals surface area contributed by atoms with Crippen LogP contribution in [-0.2, 0) is 16.1 Å². The van der Waals surface area contributed by atoms with E-state index in [9.17, 15) is 4.79 Å². The molecule has 0 saturated heterocycles. The number of rotatable bonds is 10. The van der Waals surface area contributed by atoms with E-state index in [1.165, 1.54) is 0 Å². The second kappa shape index (κ2) is 10.6. The maximum Gasteiger partial charge on any atom is 0.305 e. The number of hydrogen-bond donors (Lipinski definition) is 1. The van der Waals surface area contributed by atoms with E-state index in [-0.39, 0.29) is 5.97 Å². The van der Waals surface area contributed by atoms with Gasteiger partial charge in [-0.3, -0.25) is 4.79 Å². The topological polar surface area (TPSA) is 47.6 Å². The molecule has 1 aromatic rings. The van der Waals surface area contributed by atoms with Crippen LogP contribution in [0.15, 0.2) is 22.7 Å². The van der Waals surface area contributed by atoms with Gasteiger partial charge in [-0.1, -0.05) is 12.1 Å². The average molecular weight is 358 g/mol. The van der Waals surface area contributed by atoms with Gasteiger partial charge in [-0.2, -0.15) is 0 Å². The minimum Gasteiger partial charge on any atom is -0.492 e. The molecule has 0 atom stereocenters. The number of carbonyl (C=O) groups excluding carboxylic acids is 1. The van der Waals surface area contributed by atoms with Gasteiger partial charge in [0.05, 0.1) is 17.7 Å².